The fraction of sp³-hybridized carbons (Fsp3) is 0.208. The number of aliphatic hydroxyl groups is 1. The van der Waals surface area contributed by atoms with E-state index in [4.69, 9.17) is 11.6 Å². The number of carbonyl (C=O) groups excluding carboxylic acids is 2. The second kappa shape index (κ2) is 9.38. The molecule has 0 spiro atoms. The van der Waals surface area contributed by atoms with Gasteiger partial charge in [0.05, 0.1) is 16.7 Å². The van der Waals surface area contributed by atoms with Crippen molar-refractivity contribution in [2.75, 3.05) is 10.6 Å². The minimum absolute atomic E-state index is 0.358. The molecule has 3 amide bonds. The average molecular weight is 451 g/mol. The number of hydrogen-bond acceptors (Lipinski definition) is 4. The molecule has 7 nitrogen and oxygen atoms in total. The molecule has 1 unspecified atom stereocenters. The van der Waals surface area contributed by atoms with Crippen molar-refractivity contribution in [1.29, 1.82) is 0 Å². The van der Waals surface area contributed by atoms with Gasteiger partial charge in [-0.2, -0.15) is 0 Å². The predicted molar refractivity (Wildman–Crippen MR) is 124 cm³/mol. The molecule has 8 heteroatoms. The summed E-state index contributed by atoms with van der Waals surface area (Å²) in [5.41, 5.74) is 0.684. The zero-order valence-electron chi connectivity index (χ0n) is 17.2. The molecule has 3 aromatic rings. The van der Waals surface area contributed by atoms with Crippen LogP contribution in [0, 0.1) is 0 Å². The molecule has 1 aromatic heterocycles. The second-order valence-corrected chi connectivity index (χ2v) is 8.23. The molecule has 1 saturated carbocycles. The Morgan fingerprint density at radius 2 is 1.78 bits per heavy atom. The van der Waals surface area contributed by atoms with Crippen LogP contribution in [0.1, 0.15) is 41.2 Å². The summed E-state index contributed by atoms with van der Waals surface area (Å²) in [6, 6.07) is 18.2. The number of amides is 3. The lowest BCUT2D eigenvalue weighted by atomic mass is 9.72. The lowest BCUT2D eigenvalue weighted by Gasteiger charge is -2.43. The van der Waals surface area contributed by atoms with Gasteiger partial charge in [-0.05, 0) is 55.2 Å². The van der Waals surface area contributed by atoms with Crippen molar-refractivity contribution in [3.63, 3.8) is 0 Å². The van der Waals surface area contributed by atoms with Gasteiger partial charge in [0.2, 0.25) is 0 Å². The van der Waals surface area contributed by atoms with E-state index in [1.807, 2.05) is 30.3 Å². The Labute approximate surface area is 190 Å². The van der Waals surface area contributed by atoms with Crippen molar-refractivity contribution in [3.8, 4) is 0 Å². The van der Waals surface area contributed by atoms with Crippen LogP contribution in [0.5, 0.6) is 0 Å². The summed E-state index contributed by atoms with van der Waals surface area (Å²) in [7, 11) is 0. The first-order chi connectivity index (χ1) is 15.4. The van der Waals surface area contributed by atoms with Crippen LogP contribution in [-0.2, 0) is 0 Å². The van der Waals surface area contributed by atoms with Gasteiger partial charge in [-0.3, -0.25) is 4.79 Å². The second-order valence-electron chi connectivity index (χ2n) is 7.80. The lowest BCUT2D eigenvalue weighted by Crippen LogP contribution is -2.51. The maximum absolute atomic E-state index is 12.7. The zero-order valence-corrected chi connectivity index (χ0v) is 18.0. The fourth-order valence-electron chi connectivity index (χ4n) is 3.68. The number of anilines is 2. The van der Waals surface area contributed by atoms with Crippen LogP contribution in [0.2, 0.25) is 5.02 Å². The topological polar surface area (TPSA) is 103 Å². The third kappa shape index (κ3) is 5.07. The molecule has 0 radical (unpaired) electrons. The van der Waals surface area contributed by atoms with Gasteiger partial charge < -0.3 is 21.1 Å². The van der Waals surface area contributed by atoms with Crippen molar-refractivity contribution in [2.45, 2.75) is 30.9 Å². The van der Waals surface area contributed by atoms with Crippen LogP contribution >= 0.6 is 11.6 Å². The molecule has 1 aliphatic carbocycles. The molecule has 0 aliphatic heterocycles. The van der Waals surface area contributed by atoms with Gasteiger partial charge in [-0.15, -0.1) is 0 Å². The number of carbonyl (C=O) groups is 2. The van der Waals surface area contributed by atoms with Gasteiger partial charge in [-0.1, -0.05) is 48.0 Å². The molecule has 1 atom stereocenters. The molecule has 32 heavy (non-hydrogen) atoms. The molecule has 0 saturated heterocycles. The Morgan fingerprint density at radius 1 is 1.00 bits per heavy atom. The Morgan fingerprint density at radius 3 is 2.44 bits per heavy atom. The molecule has 2 aromatic carbocycles. The molecule has 1 fully saturated rings. The number of aromatic nitrogens is 1. The molecule has 0 bridgehead atoms. The van der Waals surface area contributed by atoms with E-state index in [1.54, 1.807) is 36.4 Å². The van der Waals surface area contributed by atoms with E-state index < -0.39 is 17.7 Å². The van der Waals surface area contributed by atoms with E-state index in [0.29, 0.717) is 34.9 Å². The van der Waals surface area contributed by atoms with Gasteiger partial charge in [-0.25, -0.2) is 9.78 Å². The number of nitrogens with one attached hydrogen (secondary N) is 3. The summed E-state index contributed by atoms with van der Waals surface area (Å²) in [4.78, 5) is 29.3. The molecule has 4 rings (SSSR count). The first-order valence-electron chi connectivity index (χ1n) is 10.3. The summed E-state index contributed by atoms with van der Waals surface area (Å²) in [5, 5.41) is 19.7. The van der Waals surface area contributed by atoms with E-state index in [0.717, 1.165) is 12.0 Å². The maximum Gasteiger partial charge on any atom is 0.319 e. The smallest absolute Gasteiger partial charge is 0.319 e. The highest BCUT2D eigenvalue weighted by molar-refractivity contribution is 6.30. The van der Waals surface area contributed by atoms with Crippen LogP contribution in [0.4, 0.5) is 16.3 Å². The van der Waals surface area contributed by atoms with Crippen LogP contribution in [0.15, 0.2) is 72.9 Å². The zero-order chi connectivity index (χ0) is 22.6. The van der Waals surface area contributed by atoms with E-state index in [9.17, 15) is 14.7 Å². The summed E-state index contributed by atoms with van der Waals surface area (Å²) in [5.74, 6) is 0.00442. The summed E-state index contributed by atoms with van der Waals surface area (Å²) >= 11 is 5.81. The third-order valence-electron chi connectivity index (χ3n) is 5.52. The predicted octanol–water partition coefficient (Wildman–Crippen LogP) is 4.77. The van der Waals surface area contributed by atoms with Gasteiger partial charge in [0.25, 0.3) is 5.91 Å². The van der Waals surface area contributed by atoms with Crippen molar-refractivity contribution in [3.05, 3.63) is 89.1 Å². The molecule has 1 heterocycles. The molecular weight excluding hydrogens is 428 g/mol. The van der Waals surface area contributed by atoms with Crippen molar-refractivity contribution in [2.24, 2.45) is 0 Å². The fourth-order valence-corrected chi connectivity index (χ4v) is 3.79. The first-order valence-corrected chi connectivity index (χ1v) is 10.7. The Kier molecular flexibility index (Phi) is 6.39. The number of rotatable bonds is 6. The van der Waals surface area contributed by atoms with Gasteiger partial charge in [0.15, 0.2) is 0 Å². The highest BCUT2D eigenvalue weighted by Crippen LogP contribution is 2.42. The third-order valence-corrected chi connectivity index (χ3v) is 5.74. The largest absolute Gasteiger partial charge is 0.387 e. The molecule has 4 N–H and O–H groups in total. The number of pyridine rings is 1. The molecular formula is C24H23ClN4O3. The summed E-state index contributed by atoms with van der Waals surface area (Å²) < 4.78 is 0. The van der Waals surface area contributed by atoms with E-state index in [2.05, 4.69) is 20.9 Å². The maximum atomic E-state index is 12.7. The van der Waals surface area contributed by atoms with Crippen molar-refractivity contribution >= 4 is 35.0 Å². The van der Waals surface area contributed by atoms with Crippen LogP contribution < -0.4 is 16.0 Å². The number of hydrogen-bond donors (Lipinski definition) is 4. The molecule has 164 valence electrons. The van der Waals surface area contributed by atoms with Crippen LogP contribution in [0.25, 0.3) is 0 Å². The number of halogens is 1. The van der Waals surface area contributed by atoms with Crippen LogP contribution in [-0.4, -0.2) is 27.6 Å². The summed E-state index contributed by atoms with van der Waals surface area (Å²) in [6.07, 6.45) is 3.61. The minimum atomic E-state index is -0.966. The van der Waals surface area contributed by atoms with E-state index in [-0.39, 0.29) is 5.91 Å². The van der Waals surface area contributed by atoms with Gasteiger partial charge in [0.1, 0.15) is 5.82 Å². The average Bonchev–Trinajstić information content (AvgIpc) is 2.78. The first kappa shape index (κ1) is 21.8. The van der Waals surface area contributed by atoms with Crippen molar-refractivity contribution < 1.29 is 14.7 Å². The van der Waals surface area contributed by atoms with E-state index in [1.165, 1.54) is 6.20 Å². The Bertz CT molecular complexity index is 1100. The standard InChI is InChI=1S/C24H23ClN4O3/c25-18-10-11-20(26-15-18)28-22(30)17-8-4-9-19(14-17)27-23(31)29-21(24(32)12-5-13-24)16-6-2-1-3-7-16/h1-4,6-11,14-15,21,32H,5,12-13H2,(H,26,28,30)(H2,27,29,31). The lowest BCUT2D eigenvalue weighted by molar-refractivity contribution is -0.0627. The minimum Gasteiger partial charge on any atom is -0.387 e. The monoisotopic (exact) mass is 450 g/mol. The normalized spacial score (nSPS) is 15.2. The highest BCUT2D eigenvalue weighted by atomic mass is 35.5. The summed E-state index contributed by atoms with van der Waals surface area (Å²) in [6.45, 7) is 0. The van der Waals surface area contributed by atoms with E-state index >= 15 is 0 Å². The number of nitrogens with zero attached hydrogens (tertiary/aromatic N) is 1. The number of benzene rings is 2. The Balaban J connectivity index is 1.43. The van der Waals surface area contributed by atoms with Gasteiger partial charge >= 0.3 is 6.03 Å². The highest BCUT2D eigenvalue weighted by Gasteiger charge is 2.43. The SMILES string of the molecule is O=C(Nc1cccc(C(=O)Nc2ccc(Cl)cn2)c1)NC(c1ccccc1)C1(O)CCC1. The van der Waals surface area contributed by atoms with Crippen LogP contribution in [0.3, 0.4) is 0 Å². The molecule has 1 aliphatic rings. The van der Waals surface area contributed by atoms with Crippen molar-refractivity contribution in [1.82, 2.24) is 10.3 Å². The quantitative estimate of drug-likeness (QED) is 0.434. The number of urea groups is 1. The van der Waals surface area contributed by atoms with Gasteiger partial charge in [0, 0.05) is 17.4 Å². The Hall–Kier alpha value is -3.42.